The van der Waals surface area contributed by atoms with Gasteiger partial charge in [0, 0.05) is 29.2 Å². The number of hydrogen-bond acceptors (Lipinski definition) is 3. The highest BCUT2D eigenvalue weighted by Crippen LogP contribution is 2.21. The molecule has 20 heavy (non-hydrogen) atoms. The van der Waals surface area contributed by atoms with Crippen molar-refractivity contribution >= 4 is 33.5 Å². The van der Waals surface area contributed by atoms with Gasteiger partial charge in [-0.25, -0.2) is 0 Å². The second-order valence-corrected chi connectivity index (χ2v) is 5.74. The average Bonchev–Trinajstić information content (AvgIpc) is 2.33. The molecule has 0 radical (unpaired) electrons. The zero-order valence-corrected chi connectivity index (χ0v) is 13.2. The Morgan fingerprint density at radius 1 is 1.40 bits per heavy atom. The molecule has 0 saturated heterocycles. The lowest BCUT2D eigenvalue weighted by atomic mass is 10.1. The maximum absolute atomic E-state index is 12.5. The molecule has 1 rings (SSSR count). The number of aliphatic carboxylic acids is 1. The number of benzene rings is 1. The minimum atomic E-state index is -0.857. The molecule has 5 nitrogen and oxygen atoms in total. The van der Waals surface area contributed by atoms with Gasteiger partial charge in [0.15, 0.2) is 0 Å². The van der Waals surface area contributed by atoms with Crippen molar-refractivity contribution in [1.29, 1.82) is 0 Å². The van der Waals surface area contributed by atoms with Crippen LogP contribution in [0, 0.1) is 0 Å². The number of amides is 1. The highest BCUT2D eigenvalue weighted by atomic mass is 79.9. The van der Waals surface area contributed by atoms with Gasteiger partial charge in [-0.15, -0.1) is 0 Å². The molecular weight excluding hydrogens is 324 g/mol. The second-order valence-electron chi connectivity index (χ2n) is 4.82. The maximum Gasteiger partial charge on any atom is 0.303 e. The minimum Gasteiger partial charge on any atom is -0.481 e. The molecule has 1 aromatic carbocycles. The van der Waals surface area contributed by atoms with Gasteiger partial charge in [0.2, 0.25) is 0 Å². The standard InChI is InChI=1S/C14H19BrN2O3/c1-9(2)17(7-3-4-13(18)19)14(20)11-6-5-10(15)8-12(11)16/h5-6,8-9H,3-4,7,16H2,1-2H3,(H,18,19). The fourth-order valence-corrected chi connectivity index (χ4v) is 2.26. The number of hydrogen-bond donors (Lipinski definition) is 2. The van der Waals surface area contributed by atoms with Crippen LogP contribution in [0.5, 0.6) is 0 Å². The van der Waals surface area contributed by atoms with Crippen LogP contribution in [0.2, 0.25) is 0 Å². The second kappa shape index (κ2) is 7.28. The quantitative estimate of drug-likeness (QED) is 0.778. The van der Waals surface area contributed by atoms with Crippen molar-refractivity contribution in [3.63, 3.8) is 0 Å². The van der Waals surface area contributed by atoms with Gasteiger partial charge in [0.25, 0.3) is 5.91 Å². The molecule has 0 atom stereocenters. The normalized spacial score (nSPS) is 10.6. The van der Waals surface area contributed by atoms with E-state index < -0.39 is 5.97 Å². The van der Waals surface area contributed by atoms with E-state index >= 15 is 0 Å². The number of carbonyl (C=O) groups excluding carboxylic acids is 1. The van der Waals surface area contributed by atoms with Crippen molar-refractivity contribution in [2.24, 2.45) is 0 Å². The molecule has 0 bridgehead atoms. The van der Waals surface area contributed by atoms with Gasteiger partial charge >= 0.3 is 5.97 Å². The number of rotatable bonds is 6. The molecule has 0 saturated carbocycles. The molecule has 1 aromatic rings. The van der Waals surface area contributed by atoms with Crippen molar-refractivity contribution in [2.75, 3.05) is 12.3 Å². The summed E-state index contributed by atoms with van der Waals surface area (Å²) in [7, 11) is 0. The summed E-state index contributed by atoms with van der Waals surface area (Å²) in [5, 5.41) is 8.67. The molecule has 0 aliphatic heterocycles. The topological polar surface area (TPSA) is 83.6 Å². The summed E-state index contributed by atoms with van der Waals surface area (Å²) in [4.78, 5) is 24.7. The number of carbonyl (C=O) groups is 2. The fourth-order valence-electron chi connectivity index (χ4n) is 1.88. The van der Waals surface area contributed by atoms with Gasteiger partial charge < -0.3 is 15.7 Å². The molecule has 6 heteroatoms. The molecular formula is C14H19BrN2O3. The number of nitrogens with two attached hydrogens (primary N) is 1. The highest BCUT2D eigenvalue weighted by Gasteiger charge is 2.20. The van der Waals surface area contributed by atoms with Crippen molar-refractivity contribution < 1.29 is 14.7 Å². The number of carboxylic acid groups (broad SMARTS) is 1. The maximum atomic E-state index is 12.5. The van der Waals surface area contributed by atoms with Crippen LogP contribution in [0.1, 0.15) is 37.0 Å². The van der Waals surface area contributed by atoms with Crippen LogP contribution in [0.4, 0.5) is 5.69 Å². The Hall–Kier alpha value is -1.56. The number of nitrogens with zero attached hydrogens (tertiary/aromatic N) is 1. The van der Waals surface area contributed by atoms with E-state index in [4.69, 9.17) is 10.8 Å². The Labute approximate surface area is 126 Å². The molecule has 1 amide bonds. The highest BCUT2D eigenvalue weighted by molar-refractivity contribution is 9.10. The Bertz CT molecular complexity index is 503. The van der Waals surface area contributed by atoms with Crippen molar-refractivity contribution in [3.8, 4) is 0 Å². The molecule has 0 spiro atoms. The summed E-state index contributed by atoms with van der Waals surface area (Å²) in [5.41, 5.74) is 6.72. The first-order chi connectivity index (χ1) is 9.32. The number of carboxylic acids is 1. The molecule has 0 heterocycles. The van der Waals surface area contributed by atoms with Crippen LogP contribution in [0.3, 0.4) is 0 Å². The number of anilines is 1. The predicted molar refractivity (Wildman–Crippen MR) is 81.6 cm³/mol. The first-order valence-electron chi connectivity index (χ1n) is 6.40. The Balaban J connectivity index is 2.85. The lowest BCUT2D eigenvalue weighted by Crippen LogP contribution is -2.38. The summed E-state index contributed by atoms with van der Waals surface area (Å²) >= 11 is 3.30. The summed E-state index contributed by atoms with van der Waals surface area (Å²) in [6.07, 6.45) is 0.474. The van der Waals surface area contributed by atoms with Gasteiger partial charge in [0.05, 0.1) is 5.56 Å². The summed E-state index contributed by atoms with van der Waals surface area (Å²) in [6.45, 7) is 4.19. The van der Waals surface area contributed by atoms with E-state index in [1.807, 2.05) is 13.8 Å². The minimum absolute atomic E-state index is 0.0145. The van der Waals surface area contributed by atoms with E-state index in [9.17, 15) is 9.59 Å². The Morgan fingerprint density at radius 3 is 2.55 bits per heavy atom. The van der Waals surface area contributed by atoms with E-state index in [-0.39, 0.29) is 18.4 Å². The predicted octanol–water partition coefficient (Wildman–Crippen LogP) is 2.75. The van der Waals surface area contributed by atoms with E-state index in [0.717, 1.165) is 4.47 Å². The van der Waals surface area contributed by atoms with E-state index in [1.54, 1.807) is 23.1 Å². The Kier molecular flexibility index (Phi) is 6.01. The zero-order chi connectivity index (χ0) is 15.3. The Morgan fingerprint density at radius 2 is 2.05 bits per heavy atom. The van der Waals surface area contributed by atoms with Gasteiger partial charge in [-0.1, -0.05) is 15.9 Å². The first kappa shape index (κ1) is 16.5. The average molecular weight is 343 g/mol. The lowest BCUT2D eigenvalue weighted by Gasteiger charge is -2.27. The van der Waals surface area contributed by atoms with Crippen molar-refractivity contribution in [3.05, 3.63) is 28.2 Å². The smallest absolute Gasteiger partial charge is 0.303 e. The third kappa shape index (κ3) is 4.52. The third-order valence-electron chi connectivity index (χ3n) is 2.92. The molecule has 110 valence electrons. The van der Waals surface area contributed by atoms with Crippen LogP contribution < -0.4 is 5.73 Å². The van der Waals surface area contributed by atoms with E-state index in [2.05, 4.69) is 15.9 Å². The van der Waals surface area contributed by atoms with Gasteiger partial charge in [0.1, 0.15) is 0 Å². The molecule has 0 unspecified atom stereocenters. The summed E-state index contributed by atoms with van der Waals surface area (Å²) in [5.74, 6) is -1.03. The SMILES string of the molecule is CC(C)N(CCCC(=O)O)C(=O)c1ccc(Br)cc1N. The van der Waals surface area contributed by atoms with Crippen LogP contribution in [0.15, 0.2) is 22.7 Å². The molecule has 0 aromatic heterocycles. The fraction of sp³-hybridized carbons (Fsp3) is 0.429. The lowest BCUT2D eigenvalue weighted by molar-refractivity contribution is -0.137. The van der Waals surface area contributed by atoms with Gasteiger partial charge in [-0.3, -0.25) is 9.59 Å². The van der Waals surface area contributed by atoms with E-state index in [0.29, 0.717) is 24.2 Å². The van der Waals surface area contributed by atoms with Crippen LogP contribution in [-0.2, 0) is 4.79 Å². The third-order valence-corrected chi connectivity index (χ3v) is 3.41. The zero-order valence-electron chi connectivity index (χ0n) is 11.6. The van der Waals surface area contributed by atoms with Crippen molar-refractivity contribution in [1.82, 2.24) is 4.90 Å². The van der Waals surface area contributed by atoms with Crippen LogP contribution >= 0.6 is 15.9 Å². The summed E-state index contributed by atoms with van der Waals surface area (Å²) in [6, 6.07) is 5.11. The molecule has 3 N–H and O–H groups in total. The van der Waals surface area contributed by atoms with Gasteiger partial charge in [-0.2, -0.15) is 0 Å². The van der Waals surface area contributed by atoms with E-state index in [1.165, 1.54) is 0 Å². The van der Waals surface area contributed by atoms with Gasteiger partial charge in [-0.05, 0) is 38.5 Å². The van der Waals surface area contributed by atoms with Crippen molar-refractivity contribution in [2.45, 2.75) is 32.7 Å². The number of halogens is 1. The summed E-state index contributed by atoms with van der Waals surface area (Å²) < 4.78 is 0.813. The number of nitrogen functional groups attached to an aromatic ring is 1. The largest absolute Gasteiger partial charge is 0.481 e. The van der Waals surface area contributed by atoms with Crippen LogP contribution in [0.25, 0.3) is 0 Å². The first-order valence-corrected chi connectivity index (χ1v) is 7.20. The monoisotopic (exact) mass is 342 g/mol. The van der Waals surface area contributed by atoms with Crippen LogP contribution in [-0.4, -0.2) is 34.5 Å². The molecule has 0 aliphatic carbocycles. The molecule has 0 aliphatic rings. The molecule has 0 fully saturated rings.